The van der Waals surface area contributed by atoms with Gasteiger partial charge in [0.25, 0.3) is 0 Å². The quantitative estimate of drug-likeness (QED) is 0.775. The lowest BCUT2D eigenvalue weighted by Gasteiger charge is -2.27. The molecule has 1 N–H and O–H groups in total. The Hall–Kier alpha value is -1.06. The molecule has 0 amide bonds. The van der Waals surface area contributed by atoms with E-state index in [4.69, 9.17) is 9.47 Å². The van der Waals surface area contributed by atoms with Gasteiger partial charge in [-0.05, 0) is 42.4 Å². The third kappa shape index (κ3) is 6.10. The summed E-state index contributed by atoms with van der Waals surface area (Å²) in [5, 5.41) is 0. The fourth-order valence-electron chi connectivity index (χ4n) is 3.43. The molecule has 136 valence electrons. The first-order chi connectivity index (χ1) is 11.4. The lowest BCUT2D eigenvalue weighted by atomic mass is 9.86. The van der Waals surface area contributed by atoms with Crippen molar-refractivity contribution in [1.82, 2.24) is 0 Å². The number of ether oxygens (including phenoxy) is 2. The van der Waals surface area contributed by atoms with Gasteiger partial charge in [0, 0.05) is 5.92 Å². The van der Waals surface area contributed by atoms with E-state index in [0.29, 0.717) is 13.2 Å². The molecule has 0 spiro atoms. The second-order valence-corrected chi connectivity index (χ2v) is 8.39. The molecule has 1 unspecified atom stereocenters. The second-order valence-electron chi connectivity index (χ2n) is 8.39. The maximum atomic E-state index is 5.88. The van der Waals surface area contributed by atoms with Gasteiger partial charge in [-0.25, -0.2) is 0 Å². The Balaban J connectivity index is 1.64. The van der Waals surface area contributed by atoms with Gasteiger partial charge in [0.1, 0.15) is 18.9 Å². The number of aryl methyl sites for hydroxylation is 1. The van der Waals surface area contributed by atoms with Gasteiger partial charge in [-0.3, -0.25) is 0 Å². The summed E-state index contributed by atoms with van der Waals surface area (Å²) in [6.07, 6.45) is 2.76. The molecule has 1 aliphatic heterocycles. The maximum Gasteiger partial charge on any atom is 0.122 e. The number of benzene rings is 1. The molecule has 0 saturated carbocycles. The minimum atomic E-state index is 0.181. The van der Waals surface area contributed by atoms with Gasteiger partial charge in [0.05, 0.1) is 26.3 Å². The highest BCUT2D eigenvalue weighted by atomic mass is 16.5. The third-order valence-corrected chi connectivity index (χ3v) is 4.99. The Morgan fingerprint density at radius 3 is 2.62 bits per heavy atom. The standard InChI is InChI=1S/C21H35NO2/c1-17-7-6-10-22(16-17)11-12-23-13-14-24-20-9-8-19(15-18(20)2)21(3,4)5/h8-9,15,17H,6-7,10-14,16H2,1-5H3/p+1/t17-/m1/s1. The molecular weight excluding hydrogens is 298 g/mol. The molecule has 0 bridgehead atoms. The molecule has 3 nitrogen and oxygen atoms in total. The van der Waals surface area contributed by atoms with Gasteiger partial charge < -0.3 is 14.4 Å². The van der Waals surface area contributed by atoms with Crippen LogP contribution in [0.15, 0.2) is 18.2 Å². The molecule has 1 heterocycles. The maximum absolute atomic E-state index is 5.88. The summed E-state index contributed by atoms with van der Waals surface area (Å²) in [6.45, 7) is 17.1. The summed E-state index contributed by atoms with van der Waals surface area (Å²) in [5.41, 5.74) is 2.73. The van der Waals surface area contributed by atoms with Crippen LogP contribution in [0.3, 0.4) is 0 Å². The molecule has 1 aliphatic rings. The summed E-state index contributed by atoms with van der Waals surface area (Å²) in [4.78, 5) is 1.70. The average molecular weight is 335 g/mol. The number of piperidine rings is 1. The Kier molecular flexibility index (Phi) is 7.12. The van der Waals surface area contributed by atoms with Crippen molar-refractivity contribution >= 4 is 0 Å². The lowest BCUT2D eigenvalue weighted by Crippen LogP contribution is -3.14. The number of nitrogens with one attached hydrogen (secondary N) is 1. The molecule has 1 aromatic carbocycles. The van der Waals surface area contributed by atoms with E-state index in [2.05, 4.69) is 52.8 Å². The molecule has 1 fully saturated rings. The Labute approximate surface area is 148 Å². The zero-order chi connectivity index (χ0) is 17.6. The van der Waals surface area contributed by atoms with Crippen molar-refractivity contribution in [1.29, 1.82) is 0 Å². The average Bonchev–Trinajstić information content (AvgIpc) is 2.51. The fourth-order valence-corrected chi connectivity index (χ4v) is 3.43. The number of likely N-dealkylation sites (tertiary alicyclic amines) is 1. The van der Waals surface area contributed by atoms with Crippen molar-refractivity contribution in [2.24, 2.45) is 5.92 Å². The summed E-state index contributed by atoms with van der Waals surface area (Å²) < 4.78 is 11.6. The van der Waals surface area contributed by atoms with E-state index in [0.717, 1.165) is 24.8 Å². The van der Waals surface area contributed by atoms with E-state index in [9.17, 15) is 0 Å². The zero-order valence-electron chi connectivity index (χ0n) is 16.3. The number of hydrogen-bond donors (Lipinski definition) is 1. The highest BCUT2D eigenvalue weighted by molar-refractivity contribution is 5.38. The predicted octanol–water partition coefficient (Wildman–Crippen LogP) is 3.00. The Morgan fingerprint density at radius 1 is 1.17 bits per heavy atom. The van der Waals surface area contributed by atoms with Crippen LogP contribution < -0.4 is 9.64 Å². The van der Waals surface area contributed by atoms with Crippen molar-refractivity contribution in [2.45, 2.75) is 52.9 Å². The van der Waals surface area contributed by atoms with Crippen molar-refractivity contribution in [3.8, 4) is 5.75 Å². The number of hydrogen-bond acceptors (Lipinski definition) is 2. The van der Waals surface area contributed by atoms with Crippen molar-refractivity contribution in [3.63, 3.8) is 0 Å². The van der Waals surface area contributed by atoms with Gasteiger partial charge in [-0.2, -0.15) is 0 Å². The van der Waals surface area contributed by atoms with Crippen molar-refractivity contribution < 1.29 is 14.4 Å². The van der Waals surface area contributed by atoms with Gasteiger partial charge in [0.15, 0.2) is 0 Å². The lowest BCUT2D eigenvalue weighted by molar-refractivity contribution is -0.908. The minimum absolute atomic E-state index is 0.181. The largest absolute Gasteiger partial charge is 0.491 e. The zero-order valence-corrected chi connectivity index (χ0v) is 16.3. The topological polar surface area (TPSA) is 22.9 Å². The van der Waals surface area contributed by atoms with Gasteiger partial charge in [-0.15, -0.1) is 0 Å². The highest BCUT2D eigenvalue weighted by Gasteiger charge is 2.19. The van der Waals surface area contributed by atoms with E-state index in [-0.39, 0.29) is 5.41 Å². The van der Waals surface area contributed by atoms with E-state index in [1.807, 2.05) is 0 Å². The normalized spacial score (nSPS) is 21.7. The van der Waals surface area contributed by atoms with Crippen molar-refractivity contribution in [2.75, 3.05) is 39.5 Å². The van der Waals surface area contributed by atoms with Crippen LogP contribution in [0, 0.1) is 12.8 Å². The Morgan fingerprint density at radius 2 is 1.96 bits per heavy atom. The van der Waals surface area contributed by atoms with E-state index >= 15 is 0 Å². The van der Waals surface area contributed by atoms with E-state index < -0.39 is 0 Å². The molecule has 0 aliphatic carbocycles. The summed E-state index contributed by atoms with van der Waals surface area (Å²) >= 11 is 0. The molecule has 3 heteroatoms. The van der Waals surface area contributed by atoms with Gasteiger partial charge in [0.2, 0.25) is 0 Å². The van der Waals surface area contributed by atoms with Crippen LogP contribution in [-0.4, -0.2) is 39.5 Å². The Bertz CT molecular complexity index is 507. The van der Waals surface area contributed by atoms with Gasteiger partial charge in [-0.1, -0.05) is 39.8 Å². The third-order valence-electron chi connectivity index (χ3n) is 4.99. The smallest absolute Gasteiger partial charge is 0.122 e. The van der Waals surface area contributed by atoms with Crippen LogP contribution in [0.25, 0.3) is 0 Å². The van der Waals surface area contributed by atoms with Crippen LogP contribution in [0.2, 0.25) is 0 Å². The molecule has 0 aromatic heterocycles. The fraction of sp³-hybridized carbons (Fsp3) is 0.714. The highest BCUT2D eigenvalue weighted by Crippen LogP contribution is 2.27. The van der Waals surface area contributed by atoms with Crippen molar-refractivity contribution in [3.05, 3.63) is 29.3 Å². The number of rotatable bonds is 7. The molecular formula is C21H36NO2+. The summed E-state index contributed by atoms with van der Waals surface area (Å²) in [5.74, 6) is 1.85. The van der Waals surface area contributed by atoms with E-state index in [1.165, 1.54) is 37.1 Å². The molecule has 24 heavy (non-hydrogen) atoms. The molecule has 1 aromatic rings. The van der Waals surface area contributed by atoms with Gasteiger partial charge >= 0.3 is 0 Å². The molecule has 2 atom stereocenters. The summed E-state index contributed by atoms with van der Waals surface area (Å²) in [7, 11) is 0. The van der Waals surface area contributed by atoms with Crippen LogP contribution in [-0.2, 0) is 10.2 Å². The second kappa shape index (κ2) is 8.87. The van der Waals surface area contributed by atoms with Crippen LogP contribution in [0.1, 0.15) is 51.7 Å². The molecule has 0 radical (unpaired) electrons. The first-order valence-corrected chi connectivity index (χ1v) is 9.51. The molecule has 1 saturated heterocycles. The predicted molar refractivity (Wildman–Crippen MR) is 100 cm³/mol. The molecule has 2 rings (SSSR count). The first-order valence-electron chi connectivity index (χ1n) is 9.51. The van der Waals surface area contributed by atoms with Crippen LogP contribution >= 0.6 is 0 Å². The van der Waals surface area contributed by atoms with Crippen LogP contribution in [0.4, 0.5) is 0 Å². The van der Waals surface area contributed by atoms with E-state index in [1.54, 1.807) is 4.90 Å². The number of quaternary nitrogens is 1. The first kappa shape index (κ1) is 19.3. The SMILES string of the molecule is Cc1cc(C(C)(C)C)ccc1OCCOCC[NH+]1CCC[C@@H](C)C1. The monoisotopic (exact) mass is 334 g/mol. The summed E-state index contributed by atoms with van der Waals surface area (Å²) in [6, 6.07) is 6.50. The minimum Gasteiger partial charge on any atom is -0.491 e. The van der Waals surface area contributed by atoms with Crippen LogP contribution in [0.5, 0.6) is 5.75 Å².